The van der Waals surface area contributed by atoms with Crippen molar-refractivity contribution in [2.45, 2.75) is 31.4 Å². The maximum Gasteiger partial charge on any atom is 0.245 e. The molecule has 2 fully saturated rings. The summed E-state index contributed by atoms with van der Waals surface area (Å²) in [6, 6.07) is 3.71. The molecule has 6 nitrogen and oxygen atoms in total. The predicted molar refractivity (Wildman–Crippen MR) is 91.9 cm³/mol. The van der Waals surface area contributed by atoms with Crippen molar-refractivity contribution in [3.63, 3.8) is 0 Å². The highest BCUT2D eigenvalue weighted by molar-refractivity contribution is 5.94. The normalized spacial score (nSPS) is 24.0. The molecule has 0 unspecified atom stereocenters. The summed E-state index contributed by atoms with van der Waals surface area (Å²) in [7, 11) is 1.72. The van der Waals surface area contributed by atoms with Gasteiger partial charge in [-0.3, -0.25) is 14.8 Å². The van der Waals surface area contributed by atoms with Crippen molar-refractivity contribution >= 4 is 22.5 Å². The summed E-state index contributed by atoms with van der Waals surface area (Å²) in [5.74, 6) is 0.223. The molecule has 1 amide bonds. The molecule has 0 saturated carbocycles. The van der Waals surface area contributed by atoms with E-state index in [4.69, 9.17) is 4.74 Å². The highest BCUT2D eigenvalue weighted by Gasteiger charge is 2.40. The van der Waals surface area contributed by atoms with Crippen LogP contribution in [0.15, 0.2) is 30.7 Å². The molecule has 2 aromatic rings. The number of likely N-dealkylation sites (tertiary alicyclic amines) is 1. The van der Waals surface area contributed by atoms with Crippen LogP contribution >= 0.6 is 0 Å². The molecule has 6 heteroatoms. The second kappa shape index (κ2) is 6.36. The topological polar surface area (TPSA) is 58.6 Å². The standard InChI is InChI=1S/C18H22N4O2/c1-24-13-10-17(18(23)21-8-2-3-9-21)22(12-13)16-5-7-20-15-4-6-19-11-14(15)16/h4-7,11,13,17H,2-3,8-10,12H2,1H3/t13-,17-/m0/s1. The first kappa shape index (κ1) is 15.3. The summed E-state index contributed by atoms with van der Waals surface area (Å²) in [4.78, 5) is 25.8. The zero-order chi connectivity index (χ0) is 16.5. The molecule has 0 radical (unpaired) electrons. The van der Waals surface area contributed by atoms with Gasteiger partial charge in [-0.05, 0) is 25.0 Å². The van der Waals surface area contributed by atoms with Crippen LogP contribution in [0.2, 0.25) is 0 Å². The smallest absolute Gasteiger partial charge is 0.245 e. The van der Waals surface area contributed by atoms with Crippen molar-refractivity contribution in [2.24, 2.45) is 0 Å². The summed E-state index contributed by atoms with van der Waals surface area (Å²) in [6.45, 7) is 2.47. The number of amides is 1. The highest BCUT2D eigenvalue weighted by Crippen LogP contribution is 2.33. The fraction of sp³-hybridized carbons (Fsp3) is 0.500. The van der Waals surface area contributed by atoms with Crippen LogP contribution < -0.4 is 4.90 Å². The minimum atomic E-state index is -0.168. The summed E-state index contributed by atoms with van der Waals surface area (Å²) in [6.07, 6.45) is 8.39. The molecule has 4 heterocycles. The Labute approximate surface area is 141 Å². The number of methoxy groups -OCH3 is 1. The van der Waals surface area contributed by atoms with Crippen molar-refractivity contribution in [3.8, 4) is 0 Å². The van der Waals surface area contributed by atoms with Gasteiger partial charge in [0.1, 0.15) is 6.04 Å². The van der Waals surface area contributed by atoms with E-state index in [2.05, 4.69) is 14.9 Å². The number of ether oxygens (including phenoxy) is 1. The largest absolute Gasteiger partial charge is 0.380 e. The van der Waals surface area contributed by atoms with Gasteiger partial charge < -0.3 is 14.5 Å². The lowest BCUT2D eigenvalue weighted by molar-refractivity contribution is -0.131. The lowest BCUT2D eigenvalue weighted by Crippen LogP contribution is -2.44. The molecule has 0 aromatic carbocycles. The van der Waals surface area contributed by atoms with E-state index in [1.54, 1.807) is 19.5 Å². The van der Waals surface area contributed by atoms with Gasteiger partial charge in [0.2, 0.25) is 5.91 Å². The molecular formula is C18H22N4O2. The molecule has 0 N–H and O–H groups in total. The number of anilines is 1. The van der Waals surface area contributed by atoms with Crippen LogP contribution in [0, 0.1) is 0 Å². The third-order valence-corrected chi connectivity index (χ3v) is 5.13. The SMILES string of the molecule is CO[C@H]1C[C@@H](C(=O)N2CCCC2)N(c2ccnc3ccncc23)C1. The van der Waals surface area contributed by atoms with Gasteiger partial charge in [0.05, 0.1) is 17.3 Å². The Bertz CT molecular complexity index is 739. The number of aromatic nitrogens is 2. The number of carbonyl (C=O) groups excluding carboxylic acids is 1. The molecule has 0 aliphatic carbocycles. The van der Waals surface area contributed by atoms with Crippen molar-refractivity contribution < 1.29 is 9.53 Å². The number of fused-ring (bicyclic) bond motifs is 1. The van der Waals surface area contributed by atoms with Crippen LogP contribution in [0.1, 0.15) is 19.3 Å². The van der Waals surface area contributed by atoms with E-state index in [0.717, 1.165) is 55.5 Å². The number of carbonyl (C=O) groups is 1. The van der Waals surface area contributed by atoms with E-state index in [1.807, 2.05) is 23.2 Å². The number of pyridine rings is 2. The van der Waals surface area contributed by atoms with Crippen molar-refractivity contribution in [1.82, 2.24) is 14.9 Å². The average Bonchev–Trinajstić information content (AvgIpc) is 3.30. The van der Waals surface area contributed by atoms with Gasteiger partial charge in [0.15, 0.2) is 0 Å². The fourth-order valence-electron chi connectivity index (χ4n) is 3.84. The van der Waals surface area contributed by atoms with Crippen LogP contribution in [0.3, 0.4) is 0 Å². The zero-order valence-corrected chi connectivity index (χ0v) is 13.9. The van der Waals surface area contributed by atoms with Crippen LogP contribution in [0.5, 0.6) is 0 Å². The van der Waals surface area contributed by atoms with Crippen LogP contribution in [0.4, 0.5) is 5.69 Å². The highest BCUT2D eigenvalue weighted by atomic mass is 16.5. The van der Waals surface area contributed by atoms with Gasteiger partial charge in [0.25, 0.3) is 0 Å². The Morgan fingerprint density at radius 3 is 2.88 bits per heavy atom. The summed E-state index contributed by atoms with van der Waals surface area (Å²) < 4.78 is 5.57. The first-order valence-electron chi connectivity index (χ1n) is 8.55. The first-order chi connectivity index (χ1) is 11.8. The summed E-state index contributed by atoms with van der Waals surface area (Å²) in [5, 5.41) is 0.982. The van der Waals surface area contributed by atoms with E-state index in [-0.39, 0.29) is 18.1 Å². The fourth-order valence-corrected chi connectivity index (χ4v) is 3.84. The van der Waals surface area contributed by atoms with Crippen LogP contribution in [-0.4, -0.2) is 59.7 Å². The van der Waals surface area contributed by atoms with Crippen LogP contribution in [0.25, 0.3) is 10.9 Å². The predicted octanol–water partition coefficient (Wildman–Crippen LogP) is 1.85. The second-order valence-corrected chi connectivity index (χ2v) is 6.52. The Morgan fingerprint density at radius 2 is 2.08 bits per heavy atom. The Balaban J connectivity index is 1.71. The van der Waals surface area contributed by atoms with Gasteiger partial charge in [-0.1, -0.05) is 0 Å². The lowest BCUT2D eigenvalue weighted by atomic mass is 10.1. The average molecular weight is 326 g/mol. The molecule has 2 aliphatic heterocycles. The first-order valence-corrected chi connectivity index (χ1v) is 8.55. The van der Waals surface area contributed by atoms with Gasteiger partial charge >= 0.3 is 0 Å². The van der Waals surface area contributed by atoms with Crippen molar-refractivity contribution in [1.29, 1.82) is 0 Å². The van der Waals surface area contributed by atoms with Crippen LogP contribution in [-0.2, 0) is 9.53 Å². The molecule has 24 heavy (non-hydrogen) atoms. The summed E-state index contributed by atoms with van der Waals surface area (Å²) in [5.41, 5.74) is 1.92. The zero-order valence-electron chi connectivity index (χ0n) is 13.9. The maximum atomic E-state index is 13.0. The molecular weight excluding hydrogens is 304 g/mol. The number of nitrogens with zero attached hydrogens (tertiary/aromatic N) is 4. The Kier molecular flexibility index (Phi) is 4.06. The molecule has 2 atom stereocenters. The molecule has 0 spiro atoms. The Morgan fingerprint density at radius 1 is 1.25 bits per heavy atom. The lowest BCUT2D eigenvalue weighted by Gasteiger charge is -2.29. The minimum Gasteiger partial charge on any atom is -0.380 e. The number of hydrogen-bond acceptors (Lipinski definition) is 5. The van der Waals surface area contributed by atoms with E-state index in [1.165, 1.54) is 0 Å². The van der Waals surface area contributed by atoms with E-state index >= 15 is 0 Å². The third-order valence-electron chi connectivity index (χ3n) is 5.13. The van der Waals surface area contributed by atoms with E-state index in [0.29, 0.717) is 0 Å². The molecule has 4 rings (SSSR count). The van der Waals surface area contributed by atoms with Gasteiger partial charge in [0, 0.05) is 57.1 Å². The summed E-state index contributed by atoms with van der Waals surface area (Å²) >= 11 is 0. The molecule has 2 aromatic heterocycles. The molecule has 2 saturated heterocycles. The van der Waals surface area contributed by atoms with Crippen molar-refractivity contribution in [2.75, 3.05) is 31.6 Å². The van der Waals surface area contributed by atoms with Gasteiger partial charge in [-0.15, -0.1) is 0 Å². The van der Waals surface area contributed by atoms with E-state index < -0.39 is 0 Å². The van der Waals surface area contributed by atoms with E-state index in [9.17, 15) is 4.79 Å². The molecule has 0 bridgehead atoms. The quantitative estimate of drug-likeness (QED) is 0.861. The Hall–Kier alpha value is -2.21. The number of hydrogen-bond donors (Lipinski definition) is 0. The van der Waals surface area contributed by atoms with Gasteiger partial charge in [-0.25, -0.2) is 0 Å². The van der Waals surface area contributed by atoms with Crippen molar-refractivity contribution in [3.05, 3.63) is 30.7 Å². The monoisotopic (exact) mass is 326 g/mol. The van der Waals surface area contributed by atoms with Gasteiger partial charge in [-0.2, -0.15) is 0 Å². The second-order valence-electron chi connectivity index (χ2n) is 6.52. The maximum absolute atomic E-state index is 13.0. The number of rotatable bonds is 3. The minimum absolute atomic E-state index is 0.0708. The molecule has 2 aliphatic rings. The third kappa shape index (κ3) is 2.60. The molecule has 126 valence electrons.